The van der Waals surface area contributed by atoms with E-state index in [9.17, 15) is 4.79 Å². The first kappa shape index (κ1) is 12.6. The molecule has 2 aromatic rings. The number of anilines is 1. The second-order valence-corrected chi connectivity index (χ2v) is 4.56. The molecule has 0 bridgehead atoms. The number of aryl methyl sites for hydroxylation is 2. The Morgan fingerprint density at radius 1 is 1.44 bits per heavy atom. The Hall–Kier alpha value is -1.81. The van der Waals surface area contributed by atoms with Gasteiger partial charge in [0.1, 0.15) is 6.26 Å². The van der Waals surface area contributed by atoms with Crippen molar-refractivity contribution in [3.05, 3.63) is 46.3 Å². The molecule has 94 valence electrons. The minimum Gasteiger partial charge on any atom is -0.364 e. The third-order valence-corrected chi connectivity index (χ3v) is 2.83. The zero-order valence-electron chi connectivity index (χ0n) is 10.2. The number of hydrogen-bond donors (Lipinski definition) is 1. The summed E-state index contributed by atoms with van der Waals surface area (Å²) in [6.07, 6.45) is 1.60. The van der Waals surface area contributed by atoms with Crippen molar-refractivity contribution in [3.8, 4) is 0 Å². The minimum absolute atomic E-state index is 0.167. The van der Waals surface area contributed by atoms with Crippen LogP contribution in [0.5, 0.6) is 0 Å². The van der Waals surface area contributed by atoms with Crippen molar-refractivity contribution in [2.24, 2.45) is 0 Å². The van der Waals surface area contributed by atoms with Gasteiger partial charge < -0.3 is 9.84 Å². The summed E-state index contributed by atoms with van der Waals surface area (Å²) in [7, 11) is 0. The average molecular weight is 265 g/mol. The van der Waals surface area contributed by atoms with E-state index in [-0.39, 0.29) is 12.3 Å². The van der Waals surface area contributed by atoms with Gasteiger partial charge >= 0.3 is 0 Å². The molecule has 2 rings (SSSR count). The number of nitrogens with zero attached hydrogens (tertiary/aromatic N) is 1. The largest absolute Gasteiger partial charge is 0.364 e. The molecule has 0 spiro atoms. The normalized spacial score (nSPS) is 10.4. The molecule has 1 aromatic carbocycles. The van der Waals surface area contributed by atoms with Gasteiger partial charge in [-0.15, -0.1) is 0 Å². The fourth-order valence-electron chi connectivity index (χ4n) is 1.75. The highest BCUT2D eigenvalue weighted by Crippen LogP contribution is 2.27. The highest BCUT2D eigenvalue weighted by molar-refractivity contribution is 6.34. The number of amides is 1. The van der Waals surface area contributed by atoms with Crippen LogP contribution in [-0.4, -0.2) is 11.1 Å². The van der Waals surface area contributed by atoms with Crippen LogP contribution in [-0.2, 0) is 11.2 Å². The predicted molar refractivity (Wildman–Crippen MR) is 69.8 cm³/mol. The van der Waals surface area contributed by atoms with Crippen molar-refractivity contribution in [1.29, 1.82) is 0 Å². The standard InChI is InChI=1S/C13H13ClN2O2/c1-8-5-9(2)13(11(14)6-8)15-12(17)7-10-3-4-18-16-10/h3-6H,7H2,1-2H3,(H,15,17). The fourth-order valence-corrected chi connectivity index (χ4v) is 2.12. The Labute approximate surface area is 110 Å². The lowest BCUT2D eigenvalue weighted by molar-refractivity contribution is -0.115. The molecule has 0 fully saturated rings. The van der Waals surface area contributed by atoms with E-state index < -0.39 is 0 Å². The highest BCUT2D eigenvalue weighted by atomic mass is 35.5. The predicted octanol–water partition coefficient (Wildman–Crippen LogP) is 3.13. The first-order valence-electron chi connectivity index (χ1n) is 5.52. The summed E-state index contributed by atoms with van der Waals surface area (Å²) in [6, 6.07) is 5.45. The molecule has 0 atom stereocenters. The number of benzene rings is 1. The van der Waals surface area contributed by atoms with Gasteiger partial charge in [0.2, 0.25) is 5.91 Å². The Bertz CT molecular complexity index is 541. The van der Waals surface area contributed by atoms with Crippen LogP contribution in [0.2, 0.25) is 5.02 Å². The van der Waals surface area contributed by atoms with Gasteiger partial charge in [0.15, 0.2) is 0 Å². The average Bonchev–Trinajstić information content (AvgIpc) is 2.76. The van der Waals surface area contributed by atoms with Crippen LogP contribution in [0.4, 0.5) is 5.69 Å². The number of carbonyl (C=O) groups excluding carboxylic acids is 1. The van der Waals surface area contributed by atoms with Crippen molar-refractivity contribution in [1.82, 2.24) is 5.16 Å². The molecule has 0 unspecified atom stereocenters. The van der Waals surface area contributed by atoms with E-state index in [0.717, 1.165) is 11.1 Å². The van der Waals surface area contributed by atoms with Crippen LogP contribution in [0.1, 0.15) is 16.8 Å². The van der Waals surface area contributed by atoms with Gasteiger partial charge in [0, 0.05) is 6.07 Å². The number of hydrogen-bond acceptors (Lipinski definition) is 3. The van der Waals surface area contributed by atoms with Crippen LogP contribution in [0.25, 0.3) is 0 Å². The van der Waals surface area contributed by atoms with Crippen LogP contribution < -0.4 is 5.32 Å². The van der Waals surface area contributed by atoms with E-state index >= 15 is 0 Å². The Kier molecular flexibility index (Phi) is 3.67. The number of halogens is 1. The molecular formula is C13H13ClN2O2. The molecule has 18 heavy (non-hydrogen) atoms. The quantitative estimate of drug-likeness (QED) is 0.927. The highest BCUT2D eigenvalue weighted by Gasteiger charge is 2.11. The molecule has 0 aliphatic rings. The summed E-state index contributed by atoms with van der Waals surface area (Å²) in [4.78, 5) is 11.8. The first-order valence-corrected chi connectivity index (χ1v) is 5.90. The van der Waals surface area contributed by atoms with Gasteiger partial charge in [-0.05, 0) is 31.0 Å². The van der Waals surface area contributed by atoms with E-state index in [4.69, 9.17) is 11.6 Å². The molecule has 1 aromatic heterocycles. The number of nitrogens with one attached hydrogen (secondary N) is 1. The number of rotatable bonds is 3. The molecule has 1 N–H and O–H groups in total. The topological polar surface area (TPSA) is 55.1 Å². The maximum absolute atomic E-state index is 11.8. The molecule has 0 saturated carbocycles. The van der Waals surface area contributed by atoms with Gasteiger partial charge in [-0.1, -0.05) is 22.8 Å². The lowest BCUT2D eigenvalue weighted by atomic mass is 10.1. The van der Waals surface area contributed by atoms with Gasteiger partial charge in [0.25, 0.3) is 0 Å². The maximum Gasteiger partial charge on any atom is 0.230 e. The second kappa shape index (κ2) is 5.23. The molecule has 1 amide bonds. The summed E-state index contributed by atoms with van der Waals surface area (Å²) in [5, 5.41) is 7.02. The lowest BCUT2D eigenvalue weighted by Gasteiger charge is -2.10. The number of carbonyl (C=O) groups is 1. The van der Waals surface area contributed by atoms with E-state index in [2.05, 4.69) is 15.0 Å². The van der Waals surface area contributed by atoms with Gasteiger partial charge in [-0.3, -0.25) is 4.79 Å². The Morgan fingerprint density at radius 3 is 2.83 bits per heavy atom. The van der Waals surface area contributed by atoms with Crippen molar-refractivity contribution in [2.75, 3.05) is 5.32 Å². The van der Waals surface area contributed by atoms with E-state index in [0.29, 0.717) is 16.4 Å². The molecule has 0 aliphatic heterocycles. The Morgan fingerprint density at radius 2 is 2.22 bits per heavy atom. The van der Waals surface area contributed by atoms with Crippen LogP contribution >= 0.6 is 11.6 Å². The maximum atomic E-state index is 11.8. The molecule has 4 nitrogen and oxygen atoms in total. The third kappa shape index (κ3) is 2.90. The fraction of sp³-hybridized carbons (Fsp3) is 0.231. The molecule has 0 saturated heterocycles. The summed E-state index contributed by atoms with van der Waals surface area (Å²) >= 11 is 6.11. The lowest BCUT2D eigenvalue weighted by Crippen LogP contribution is -2.15. The summed E-state index contributed by atoms with van der Waals surface area (Å²) in [6.45, 7) is 3.87. The van der Waals surface area contributed by atoms with Crippen LogP contribution in [0, 0.1) is 13.8 Å². The van der Waals surface area contributed by atoms with Crippen molar-refractivity contribution in [2.45, 2.75) is 20.3 Å². The van der Waals surface area contributed by atoms with Crippen molar-refractivity contribution >= 4 is 23.2 Å². The molecule has 5 heteroatoms. The summed E-state index contributed by atoms with van der Waals surface area (Å²) < 4.78 is 4.67. The van der Waals surface area contributed by atoms with Gasteiger partial charge in [-0.2, -0.15) is 0 Å². The second-order valence-electron chi connectivity index (χ2n) is 4.15. The van der Waals surface area contributed by atoms with E-state index in [1.807, 2.05) is 26.0 Å². The monoisotopic (exact) mass is 264 g/mol. The number of aromatic nitrogens is 1. The Balaban J connectivity index is 2.12. The zero-order chi connectivity index (χ0) is 13.1. The summed E-state index contributed by atoms with van der Waals surface area (Å²) in [5.74, 6) is -0.169. The van der Waals surface area contributed by atoms with Crippen molar-refractivity contribution < 1.29 is 9.32 Å². The van der Waals surface area contributed by atoms with Crippen LogP contribution in [0.15, 0.2) is 29.0 Å². The SMILES string of the molecule is Cc1cc(C)c(NC(=O)Cc2ccon2)c(Cl)c1. The van der Waals surface area contributed by atoms with E-state index in [1.165, 1.54) is 6.26 Å². The molecule has 0 aliphatic carbocycles. The third-order valence-electron chi connectivity index (χ3n) is 2.53. The smallest absolute Gasteiger partial charge is 0.230 e. The first-order chi connectivity index (χ1) is 8.56. The van der Waals surface area contributed by atoms with E-state index in [1.54, 1.807) is 6.07 Å². The summed E-state index contributed by atoms with van der Waals surface area (Å²) in [5.41, 5.74) is 3.24. The zero-order valence-corrected chi connectivity index (χ0v) is 10.9. The van der Waals surface area contributed by atoms with Gasteiger partial charge in [0.05, 0.1) is 22.8 Å². The molecule has 1 heterocycles. The van der Waals surface area contributed by atoms with Crippen LogP contribution in [0.3, 0.4) is 0 Å². The molecule has 0 radical (unpaired) electrons. The van der Waals surface area contributed by atoms with Crippen molar-refractivity contribution in [3.63, 3.8) is 0 Å². The van der Waals surface area contributed by atoms with Gasteiger partial charge in [-0.25, -0.2) is 0 Å². The molecular weight excluding hydrogens is 252 g/mol. The minimum atomic E-state index is -0.169.